The molecule has 0 radical (unpaired) electrons. The summed E-state index contributed by atoms with van der Waals surface area (Å²) in [6.07, 6.45) is 1.75. The molecule has 0 bridgehead atoms. The number of benzene rings is 3. The molecule has 0 aliphatic rings. The Kier molecular flexibility index (Phi) is 3.37. The van der Waals surface area contributed by atoms with Gasteiger partial charge in [0, 0.05) is 28.4 Å². The van der Waals surface area contributed by atoms with Crippen molar-refractivity contribution in [2.75, 3.05) is 0 Å². The maximum absolute atomic E-state index is 10.4. The van der Waals surface area contributed by atoms with E-state index >= 15 is 0 Å². The van der Waals surface area contributed by atoms with Crippen molar-refractivity contribution in [2.24, 2.45) is 6.98 Å². The molecule has 0 aliphatic heterocycles. The molecule has 2 heterocycles. The fourth-order valence-corrected chi connectivity index (χ4v) is 3.56. The number of imidazole rings is 1. The molecule has 5 rings (SSSR count). The van der Waals surface area contributed by atoms with Crippen molar-refractivity contribution in [3.63, 3.8) is 0 Å². The molecule has 4 heteroatoms. The van der Waals surface area contributed by atoms with Gasteiger partial charge in [0.25, 0.3) is 0 Å². The molecule has 0 aliphatic carbocycles. The molecule has 29 heavy (non-hydrogen) atoms. The number of para-hydroxylation sites is 2. The number of fused-ring (bicyclic) bond motifs is 1. The Labute approximate surface area is 173 Å². The molecule has 0 fully saturated rings. The van der Waals surface area contributed by atoms with Crippen molar-refractivity contribution < 1.29 is 9.22 Å². The zero-order valence-electron chi connectivity index (χ0n) is 18.4. The average molecular weight is 380 g/mol. The fourth-order valence-electron chi connectivity index (χ4n) is 3.56. The molecule has 0 amide bonds. The van der Waals surface area contributed by atoms with Crippen molar-refractivity contribution in [3.05, 3.63) is 91.1 Å². The van der Waals surface area contributed by atoms with Crippen LogP contribution in [0.2, 0.25) is 0 Å². The van der Waals surface area contributed by atoms with Crippen molar-refractivity contribution >= 4 is 11.0 Å². The number of hydrogen-bond donors (Lipinski definition) is 1. The fraction of sp³-hybridized carbons (Fsp3) is 0.0400. The SMILES string of the molecule is [2H]C([2H])([2H])n1c(-c2ccccc2O)nc2c(-c3cccc(-c4ccccn4)c3)cccc21. The lowest BCUT2D eigenvalue weighted by Crippen LogP contribution is -1.92. The monoisotopic (exact) mass is 380 g/mol. The Hall–Kier alpha value is -3.92. The quantitative estimate of drug-likeness (QED) is 0.438. The van der Waals surface area contributed by atoms with Crippen LogP contribution in [0, 0.1) is 0 Å². The molecule has 1 N–H and O–H groups in total. The van der Waals surface area contributed by atoms with Crippen LogP contribution in [-0.4, -0.2) is 19.6 Å². The summed E-state index contributed by atoms with van der Waals surface area (Å²) in [6.45, 7) is -2.47. The lowest BCUT2D eigenvalue weighted by Gasteiger charge is -2.06. The molecule has 0 saturated carbocycles. The van der Waals surface area contributed by atoms with Gasteiger partial charge in [-0.05, 0) is 42.0 Å². The highest BCUT2D eigenvalue weighted by atomic mass is 16.3. The second-order valence-corrected chi connectivity index (χ2v) is 6.76. The maximum atomic E-state index is 10.4. The number of hydrogen-bond acceptors (Lipinski definition) is 3. The predicted molar refractivity (Wildman–Crippen MR) is 116 cm³/mol. The summed E-state index contributed by atoms with van der Waals surface area (Å²) in [5, 5.41) is 10.4. The predicted octanol–water partition coefficient (Wildman–Crippen LogP) is 5.67. The standard InChI is InChI=1S/C25H19N3O/c1-28-22-13-7-11-19(24(22)27-25(28)20-10-2-3-14-23(20)29)17-8-6-9-18(16-17)21-12-4-5-15-26-21/h2-16,29H,1H3/i1D3. The molecule has 140 valence electrons. The number of nitrogens with zero attached hydrogens (tertiary/aromatic N) is 3. The van der Waals surface area contributed by atoms with Crippen LogP contribution in [0.1, 0.15) is 4.11 Å². The Morgan fingerprint density at radius 3 is 2.45 bits per heavy atom. The Morgan fingerprint density at radius 2 is 1.62 bits per heavy atom. The second-order valence-electron chi connectivity index (χ2n) is 6.76. The van der Waals surface area contributed by atoms with E-state index in [1.165, 1.54) is 10.6 Å². The van der Waals surface area contributed by atoms with Crippen LogP contribution >= 0.6 is 0 Å². The Bertz CT molecular complexity index is 1430. The van der Waals surface area contributed by atoms with Crippen LogP contribution in [0.25, 0.3) is 44.8 Å². The minimum atomic E-state index is -2.47. The molecule has 3 aromatic carbocycles. The van der Waals surface area contributed by atoms with E-state index in [1.54, 1.807) is 30.5 Å². The van der Waals surface area contributed by atoms with E-state index in [-0.39, 0.29) is 11.6 Å². The number of aromatic nitrogens is 3. The third-order valence-electron chi connectivity index (χ3n) is 4.96. The summed E-state index contributed by atoms with van der Waals surface area (Å²) in [4.78, 5) is 9.14. The molecule has 0 saturated heterocycles. The zero-order valence-corrected chi connectivity index (χ0v) is 15.4. The first-order valence-electron chi connectivity index (χ1n) is 10.8. The largest absolute Gasteiger partial charge is 0.507 e. The van der Waals surface area contributed by atoms with Crippen molar-refractivity contribution in [3.8, 4) is 39.5 Å². The topological polar surface area (TPSA) is 50.9 Å². The highest BCUT2D eigenvalue weighted by Crippen LogP contribution is 2.35. The molecule has 5 aromatic rings. The van der Waals surface area contributed by atoms with E-state index in [2.05, 4.69) is 4.98 Å². The van der Waals surface area contributed by atoms with Gasteiger partial charge in [-0.25, -0.2) is 4.98 Å². The maximum Gasteiger partial charge on any atom is 0.144 e. The number of aryl methyl sites for hydroxylation is 1. The van der Waals surface area contributed by atoms with Gasteiger partial charge in [0.2, 0.25) is 0 Å². The van der Waals surface area contributed by atoms with Crippen LogP contribution in [0.3, 0.4) is 0 Å². The van der Waals surface area contributed by atoms with Crippen LogP contribution in [0.5, 0.6) is 5.75 Å². The van der Waals surface area contributed by atoms with E-state index < -0.39 is 6.98 Å². The van der Waals surface area contributed by atoms with Crippen LogP contribution in [0.15, 0.2) is 91.1 Å². The number of phenolic OH excluding ortho intramolecular Hbond substituents is 1. The molecule has 4 nitrogen and oxygen atoms in total. The number of phenols is 1. The van der Waals surface area contributed by atoms with Gasteiger partial charge >= 0.3 is 0 Å². The van der Waals surface area contributed by atoms with Gasteiger partial charge in [-0.1, -0.05) is 48.5 Å². The van der Waals surface area contributed by atoms with E-state index in [0.29, 0.717) is 16.6 Å². The molecule has 0 unspecified atom stereocenters. The van der Waals surface area contributed by atoms with Gasteiger partial charge in [-0.2, -0.15) is 0 Å². The van der Waals surface area contributed by atoms with Gasteiger partial charge in [-0.3, -0.25) is 4.98 Å². The summed E-state index contributed by atoms with van der Waals surface area (Å²) in [5.74, 6) is 0.179. The summed E-state index contributed by atoms with van der Waals surface area (Å²) >= 11 is 0. The summed E-state index contributed by atoms with van der Waals surface area (Å²) in [5.41, 5.74) is 4.91. The Balaban J connectivity index is 1.76. The number of aromatic hydroxyl groups is 1. The van der Waals surface area contributed by atoms with Gasteiger partial charge < -0.3 is 9.67 Å². The van der Waals surface area contributed by atoms with E-state index in [4.69, 9.17) is 9.10 Å². The van der Waals surface area contributed by atoms with Crippen molar-refractivity contribution in [1.29, 1.82) is 0 Å². The summed E-state index contributed by atoms with van der Waals surface area (Å²) in [6, 6.07) is 25.8. The minimum absolute atomic E-state index is 0.0213. The first-order chi connectivity index (χ1) is 15.4. The van der Waals surface area contributed by atoms with Gasteiger partial charge in [-0.15, -0.1) is 0 Å². The normalized spacial score (nSPS) is 13.0. The Morgan fingerprint density at radius 1 is 0.828 bits per heavy atom. The molecular formula is C25H19N3O. The first kappa shape index (κ1) is 14.1. The lowest BCUT2D eigenvalue weighted by molar-refractivity contribution is 0.476. The van der Waals surface area contributed by atoms with Gasteiger partial charge in [0.1, 0.15) is 11.6 Å². The highest BCUT2D eigenvalue weighted by molar-refractivity contribution is 5.95. The molecule has 0 atom stereocenters. The molecule has 0 spiro atoms. The lowest BCUT2D eigenvalue weighted by atomic mass is 10.0. The first-order valence-corrected chi connectivity index (χ1v) is 9.25. The third-order valence-corrected chi connectivity index (χ3v) is 4.96. The van der Waals surface area contributed by atoms with Crippen molar-refractivity contribution in [2.45, 2.75) is 0 Å². The second kappa shape index (κ2) is 6.91. The number of rotatable bonds is 3. The van der Waals surface area contributed by atoms with Crippen molar-refractivity contribution in [1.82, 2.24) is 14.5 Å². The van der Waals surface area contributed by atoms with E-state index in [1.807, 2.05) is 54.6 Å². The average Bonchev–Trinajstić information content (AvgIpc) is 3.20. The smallest absolute Gasteiger partial charge is 0.144 e. The van der Waals surface area contributed by atoms with Gasteiger partial charge in [0.05, 0.1) is 22.3 Å². The molecular weight excluding hydrogens is 358 g/mol. The minimum Gasteiger partial charge on any atom is -0.507 e. The van der Waals surface area contributed by atoms with Crippen LogP contribution < -0.4 is 0 Å². The van der Waals surface area contributed by atoms with Crippen LogP contribution in [-0.2, 0) is 6.98 Å². The summed E-state index contributed by atoms with van der Waals surface area (Å²) in [7, 11) is 0. The van der Waals surface area contributed by atoms with E-state index in [9.17, 15) is 5.11 Å². The summed E-state index contributed by atoms with van der Waals surface area (Å²) < 4.78 is 25.6. The van der Waals surface area contributed by atoms with E-state index in [0.717, 1.165) is 22.4 Å². The number of pyridine rings is 1. The van der Waals surface area contributed by atoms with Crippen LogP contribution in [0.4, 0.5) is 0 Å². The zero-order chi connectivity index (χ0) is 22.3. The molecule has 2 aromatic heterocycles. The third kappa shape index (κ3) is 2.95. The van der Waals surface area contributed by atoms with Gasteiger partial charge in [0.15, 0.2) is 0 Å². The highest BCUT2D eigenvalue weighted by Gasteiger charge is 2.16.